The van der Waals surface area contributed by atoms with E-state index in [0.29, 0.717) is 12.1 Å². The van der Waals surface area contributed by atoms with Crippen molar-refractivity contribution in [2.45, 2.75) is 44.8 Å². The second-order valence-electron chi connectivity index (χ2n) is 6.79. The largest absolute Gasteiger partial charge is 0.366 e. The van der Waals surface area contributed by atoms with E-state index in [2.05, 4.69) is 30.6 Å². The molecule has 2 aliphatic heterocycles. The fourth-order valence-corrected chi connectivity index (χ4v) is 3.57. The first-order chi connectivity index (χ1) is 9.36. The topological polar surface area (TPSA) is 49.6 Å². The summed E-state index contributed by atoms with van der Waals surface area (Å²) in [4.78, 5) is 15.3. The second-order valence-corrected chi connectivity index (χ2v) is 6.79. The van der Waals surface area contributed by atoms with Crippen molar-refractivity contribution in [2.24, 2.45) is 0 Å². The Balaban J connectivity index is 1.75. The Morgan fingerprint density at radius 2 is 1.80 bits per heavy atom. The van der Waals surface area contributed by atoms with Crippen molar-refractivity contribution in [3.63, 3.8) is 0 Å². The van der Waals surface area contributed by atoms with E-state index in [1.807, 2.05) is 12.1 Å². The molecule has 0 spiro atoms. The van der Waals surface area contributed by atoms with Gasteiger partial charge in [0.1, 0.15) is 0 Å². The maximum Gasteiger partial charge on any atom is 0.269 e. The van der Waals surface area contributed by atoms with Gasteiger partial charge in [-0.1, -0.05) is 0 Å². The Hall–Kier alpha value is -1.62. The molecule has 0 saturated carbocycles. The fourth-order valence-electron chi connectivity index (χ4n) is 3.57. The molecule has 2 saturated heterocycles. The number of likely N-dealkylation sites (tertiary alicyclic amines) is 1. The van der Waals surface area contributed by atoms with E-state index in [4.69, 9.17) is 0 Å². The van der Waals surface area contributed by atoms with Gasteiger partial charge in [-0.05, 0) is 39.3 Å². The number of anilines is 1. The Morgan fingerprint density at radius 3 is 2.25 bits per heavy atom. The summed E-state index contributed by atoms with van der Waals surface area (Å²) < 4.78 is 0. The number of hydrogen-bond acceptors (Lipinski definition) is 4. The molecule has 0 radical (unpaired) electrons. The van der Waals surface area contributed by atoms with Gasteiger partial charge < -0.3 is 4.90 Å². The van der Waals surface area contributed by atoms with E-state index >= 15 is 0 Å². The molecule has 1 aromatic carbocycles. The van der Waals surface area contributed by atoms with Crippen molar-refractivity contribution >= 4 is 11.4 Å². The van der Waals surface area contributed by atoms with Crippen molar-refractivity contribution in [1.82, 2.24) is 4.90 Å². The lowest BCUT2D eigenvalue weighted by Crippen LogP contribution is -2.53. The smallest absolute Gasteiger partial charge is 0.269 e. The van der Waals surface area contributed by atoms with Crippen LogP contribution in [0.5, 0.6) is 0 Å². The number of non-ortho nitro benzene ring substituents is 1. The molecule has 0 N–H and O–H groups in total. The maximum atomic E-state index is 10.7. The van der Waals surface area contributed by atoms with Crippen molar-refractivity contribution in [1.29, 1.82) is 0 Å². The third-order valence-electron chi connectivity index (χ3n) is 4.49. The third kappa shape index (κ3) is 2.16. The van der Waals surface area contributed by atoms with E-state index in [0.717, 1.165) is 18.8 Å². The monoisotopic (exact) mass is 275 g/mol. The van der Waals surface area contributed by atoms with E-state index < -0.39 is 0 Å². The molecule has 0 aliphatic carbocycles. The highest BCUT2D eigenvalue weighted by Gasteiger charge is 2.46. The maximum absolute atomic E-state index is 10.7. The van der Waals surface area contributed by atoms with Crippen LogP contribution >= 0.6 is 0 Å². The first kappa shape index (κ1) is 13.4. The number of piperazine rings is 1. The normalized spacial score (nSPS) is 26.2. The van der Waals surface area contributed by atoms with Crippen LogP contribution in [0.1, 0.15) is 27.2 Å². The Bertz CT molecular complexity index is 521. The zero-order valence-corrected chi connectivity index (χ0v) is 12.2. The van der Waals surface area contributed by atoms with Crippen molar-refractivity contribution in [3.8, 4) is 0 Å². The van der Waals surface area contributed by atoms with Crippen LogP contribution in [0.15, 0.2) is 24.3 Å². The molecule has 108 valence electrons. The molecule has 2 heterocycles. The quantitative estimate of drug-likeness (QED) is 0.615. The highest BCUT2D eigenvalue weighted by atomic mass is 16.6. The number of rotatable bonds is 2. The van der Waals surface area contributed by atoms with Crippen molar-refractivity contribution < 1.29 is 4.92 Å². The van der Waals surface area contributed by atoms with Gasteiger partial charge in [-0.2, -0.15) is 0 Å². The molecule has 0 amide bonds. The van der Waals surface area contributed by atoms with E-state index in [1.54, 1.807) is 12.1 Å². The molecule has 5 heteroatoms. The van der Waals surface area contributed by atoms with Gasteiger partial charge in [-0.3, -0.25) is 15.0 Å². The van der Waals surface area contributed by atoms with Gasteiger partial charge in [-0.15, -0.1) is 0 Å². The van der Waals surface area contributed by atoms with Crippen LogP contribution in [0.2, 0.25) is 0 Å². The Labute approximate surface area is 119 Å². The molecular formula is C15H21N3O2. The highest BCUT2D eigenvalue weighted by molar-refractivity contribution is 5.53. The first-order valence-electron chi connectivity index (χ1n) is 7.14. The van der Waals surface area contributed by atoms with Gasteiger partial charge in [0, 0.05) is 48.5 Å². The van der Waals surface area contributed by atoms with Gasteiger partial charge in [0.15, 0.2) is 0 Å². The summed E-state index contributed by atoms with van der Waals surface area (Å²) in [5.74, 6) is 0. The van der Waals surface area contributed by atoms with Crippen LogP contribution in [0.25, 0.3) is 0 Å². The summed E-state index contributed by atoms with van der Waals surface area (Å²) >= 11 is 0. The summed E-state index contributed by atoms with van der Waals surface area (Å²) in [5, 5.41) is 10.7. The first-order valence-corrected chi connectivity index (χ1v) is 7.14. The molecule has 2 bridgehead atoms. The second kappa shape index (κ2) is 4.45. The lowest BCUT2D eigenvalue weighted by molar-refractivity contribution is -0.384. The van der Waals surface area contributed by atoms with Gasteiger partial charge >= 0.3 is 0 Å². The lowest BCUT2D eigenvalue weighted by atomic mass is 10.0. The van der Waals surface area contributed by atoms with Crippen LogP contribution in [-0.4, -0.2) is 40.5 Å². The van der Waals surface area contributed by atoms with Gasteiger partial charge in [0.25, 0.3) is 5.69 Å². The van der Waals surface area contributed by atoms with Crippen molar-refractivity contribution in [2.75, 3.05) is 18.0 Å². The van der Waals surface area contributed by atoms with Crippen LogP contribution in [0.3, 0.4) is 0 Å². The number of nitro groups is 1. The molecule has 3 rings (SSSR count). The summed E-state index contributed by atoms with van der Waals surface area (Å²) in [7, 11) is 0. The number of nitro benzene ring substituents is 1. The summed E-state index contributed by atoms with van der Waals surface area (Å²) in [6.07, 6.45) is 1.20. The molecule has 1 aromatic rings. The van der Waals surface area contributed by atoms with Gasteiger partial charge in [0.05, 0.1) is 4.92 Å². The molecule has 0 unspecified atom stereocenters. The number of hydrogen-bond donors (Lipinski definition) is 0. The summed E-state index contributed by atoms with van der Waals surface area (Å²) in [6, 6.07) is 8.10. The minimum atomic E-state index is -0.346. The third-order valence-corrected chi connectivity index (χ3v) is 4.49. The molecular weight excluding hydrogens is 254 g/mol. The minimum Gasteiger partial charge on any atom is -0.366 e. The van der Waals surface area contributed by atoms with Crippen LogP contribution in [0.4, 0.5) is 11.4 Å². The predicted octanol–water partition coefficient (Wildman–Crippen LogP) is 2.66. The minimum absolute atomic E-state index is 0.162. The number of fused-ring (bicyclic) bond motifs is 2. The molecule has 2 aliphatic rings. The van der Waals surface area contributed by atoms with E-state index in [1.165, 1.54) is 6.42 Å². The van der Waals surface area contributed by atoms with E-state index in [9.17, 15) is 10.1 Å². The predicted molar refractivity (Wildman–Crippen MR) is 79.1 cm³/mol. The molecule has 2 fully saturated rings. The average molecular weight is 275 g/mol. The van der Waals surface area contributed by atoms with Gasteiger partial charge in [0.2, 0.25) is 0 Å². The van der Waals surface area contributed by atoms with E-state index in [-0.39, 0.29) is 16.1 Å². The average Bonchev–Trinajstić information content (AvgIpc) is 2.97. The van der Waals surface area contributed by atoms with Crippen LogP contribution in [0, 0.1) is 10.1 Å². The Morgan fingerprint density at radius 1 is 1.15 bits per heavy atom. The number of nitrogens with zero attached hydrogens (tertiary/aromatic N) is 3. The summed E-state index contributed by atoms with van der Waals surface area (Å²) in [5.41, 5.74) is 1.49. The SMILES string of the molecule is CC(C)(C)N1C[C@H]2C[C@@H]1CN2c1ccc([N+](=O)[O-])cc1. The standard InChI is InChI=1S/C15H21N3O2/c1-15(2,3)17-10-13-8-14(17)9-16(13)11-4-6-12(7-5-11)18(19)20/h4-7,13-14H,8-10H2,1-3H3/t13-,14-/m1/s1. The zero-order valence-electron chi connectivity index (χ0n) is 12.2. The highest BCUT2D eigenvalue weighted by Crippen LogP contribution is 2.38. The van der Waals surface area contributed by atoms with Crippen molar-refractivity contribution in [3.05, 3.63) is 34.4 Å². The Kier molecular flexibility index (Phi) is 2.97. The van der Waals surface area contributed by atoms with Crippen LogP contribution in [-0.2, 0) is 0 Å². The molecule has 20 heavy (non-hydrogen) atoms. The summed E-state index contributed by atoms with van der Waals surface area (Å²) in [6.45, 7) is 8.92. The fraction of sp³-hybridized carbons (Fsp3) is 0.600. The molecule has 2 atom stereocenters. The lowest BCUT2D eigenvalue weighted by Gasteiger charge is -2.42. The molecule has 0 aromatic heterocycles. The number of benzene rings is 1. The van der Waals surface area contributed by atoms with Crippen LogP contribution < -0.4 is 4.90 Å². The molecule has 5 nitrogen and oxygen atoms in total. The van der Waals surface area contributed by atoms with Gasteiger partial charge in [-0.25, -0.2) is 0 Å². The zero-order chi connectivity index (χ0) is 14.5.